The van der Waals surface area contributed by atoms with Gasteiger partial charge in [0.25, 0.3) is 0 Å². The van der Waals surface area contributed by atoms with Crippen molar-refractivity contribution in [3.05, 3.63) is 82.2 Å². The number of carbonyl (C=O) groups excluding carboxylic acids is 1. The molecule has 0 aliphatic rings. The minimum Gasteiger partial charge on any atom is -0.364 e. The van der Waals surface area contributed by atoms with Crippen LogP contribution in [0.5, 0.6) is 0 Å². The van der Waals surface area contributed by atoms with Crippen molar-refractivity contribution in [2.75, 3.05) is 0 Å². The summed E-state index contributed by atoms with van der Waals surface area (Å²) in [6.07, 6.45) is 1.71. The molecule has 2 N–H and O–H groups in total. The van der Waals surface area contributed by atoms with Crippen molar-refractivity contribution in [1.29, 1.82) is 0 Å². The van der Waals surface area contributed by atoms with E-state index in [4.69, 9.17) is 0 Å². The summed E-state index contributed by atoms with van der Waals surface area (Å²) in [6.45, 7) is 3.66. The van der Waals surface area contributed by atoms with E-state index in [2.05, 4.69) is 9.97 Å². The molecule has 136 valence electrons. The van der Waals surface area contributed by atoms with E-state index in [1.54, 1.807) is 12.3 Å². The Morgan fingerprint density at radius 1 is 0.846 bits per heavy atom. The van der Waals surface area contributed by atoms with E-state index in [9.17, 15) is 26.7 Å². The molecule has 0 saturated heterocycles. The Labute approximate surface area is 144 Å². The summed E-state index contributed by atoms with van der Waals surface area (Å²) in [6, 6.07) is 6.34. The fourth-order valence-corrected chi connectivity index (χ4v) is 2.70. The van der Waals surface area contributed by atoms with E-state index in [1.165, 1.54) is 12.1 Å². The predicted octanol–water partition coefficient (Wildman–Crippen LogP) is 4.60. The minimum atomic E-state index is -2.31. The molecule has 0 amide bonds. The average Bonchev–Trinajstić information content (AvgIpc) is 3.30. The molecule has 0 fully saturated rings. The fraction of sp³-hybridized carbons (Fsp3) is 0.167. The van der Waals surface area contributed by atoms with Gasteiger partial charge in [-0.25, -0.2) is 22.0 Å². The SMILES string of the molecule is CC(C)(c1ccc[nH]1)c1ccc(C(=O)c2c(F)c(F)c(F)c(F)c2F)[nH]1. The molecule has 0 saturated carbocycles. The first kappa shape index (κ1) is 17.9. The van der Waals surface area contributed by atoms with Crippen molar-refractivity contribution in [3.63, 3.8) is 0 Å². The quantitative estimate of drug-likeness (QED) is 0.301. The molecule has 0 aliphatic carbocycles. The van der Waals surface area contributed by atoms with Crippen LogP contribution in [0.3, 0.4) is 0 Å². The third kappa shape index (κ3) is 2.61. The third-order valence-electron chi connectivity index (χ3n) is 4.31. The molecule has 3 rings (SSSR count). The monoisotopic (exact) mass is 368 g/mol. The van der Waals surface area contributed by atoms with Crippen molar-refractivity contribution in [3.8, 4) is 0 Å². The maximum absolute atomic E-state index is 13.8. The molecule has 2 aromatic heterocycles. The molecule has 1 aromatic carbocycles. The zero-order chi connectivity index (χ0) is 19.2. The molecule has 0 bridgehead atoms. The molecule has 0 atom stereocenters. The van der Waals surface area contributed by atoms with Crippen LogP contribution in [0.1, 0.15) is 41.3 Å². The van der Waals surface area contributed by atoms with Gasteiger partial charge in [-0.2, -0.15) is 0 Å². The number of aromatic amines is 2. The number of ketones is 1. The van der Waals surface area contributed by atoms with Gasteiger partial charge in [-0.05, 0) is 38.1 Å². The van der Waals surface area contributed by atoms with Crippen LogP contribution in [0.15, 0.2) is 30.5 Å². The number of rotatable bonds is 4. The van der Waals surface area contributed by atoms with Crippen molar-refractivity contribution in [1.82, 2.24) is 9.97 Å². The second-order valence-corrected chi connectivity index (χ2v) is 6.27. The number of benzene rings is 1. The van der Waals surface area contributed by atoms with Crippen LogP contribution < -0.4 is 0 Å². The second-order valence-electron chi connectivity index (χ2n) is 6.27. The Hall–Kier alpha value is -2.90. The maximum atomic E-state index is 13.8. The molecule has 0 radical (unpaired) electrons. The van der Waals surface area contributed by atoms with Gasteiger partial charge in [-0.15, -0.1) is 0 Å². The summed E-state index contributed by atoms with van der Waals surface area (Å²) in [4.78, 5) is 18.1. The zero-order valence-corrected chi connectivity index (χ0v) is 13.7. The number of nitrogens with one attached hydrogen (secondary N) is 2. The number of halogens is 5. The highest BCUT2D eigenvalue weighted by Crippen LogP contribution is 2.31. The first-order valence-electron chi connectivity index (χ1n) is 7.55. The first-order valence-corrected chi connectivity index (χ1v) is 7.55. The number of hydrogen-bond donors (Lipinski definition) is 2. The lowest BCUT2D eigenvalue weighted by Crippen LogP contribution is -2.20. The molecule has 0 unspecified atom stereocenters. The first-order chi connectivity index (χ1) is 12.2. The van der Waals surface area contributed by atoms with Crippen molar-refractivity contribution < 1.29 is 26.7 Å². The lowest BCUT2D eigenvalue weighted by molar-refractivity contribution is 0.102. The van der Waals surface area contributed by atoms with Gasteiger partial charge in [0.15, 0.2) is 23.3 Å². The number of hydrogen-bond acceptors (Lipinski definition) is 1. The largest absolute Gasteiger partial charge is 0.364 e. The summed E-state index contributed by atoms with van der Waals surface area (Å²) in [5.74, 6) is -12.3. The number of carbonyl (C=O) groups is 1. The summed E-state index contributed by atoms with van der Waals surface area (Å²) < 4.78 is 67.5. The van der Waals surface area contributed by atoms with E-state index >= 15 is 0 Å². The highest BCUT2D eigenvalue weighted by molar-refractivity contribution is 6.08. The normalized spacial score (nSPS) is 11.8. The lowest BCUT2D eigenvalue weighted by Gasteiger charge is -2.22. The van der Waals surface area contributed by atoms with Gasteiger partial charge in [0.05, 0.1) is 5.69 Å². The van der Waals surface area contributed by atoms with Crippen molar-refractivity contribution in [2.24, 2.45) is 0 Å². The average molecular weight is 368 g/mol. The molecule has 0 aliphatic heterocycles. The third-order valence-corrected chi connectivity index (χ3v) is 4.31. The smallest absolute Gasteiger partial charge is 0.215 e. The van der Waals surface area contributed by atoms with E-state index in [-0.39, 0.29) is 5.69 Å². The van der Waals surface area contributed by atoms with Gasteiger partial charge in [-0.1, -0.05) is 0 Å². The van der Waals surface area contributed by atoms with Crippen LogP contribution in [0.4, 0.5) is 22.0 Å². The number of H-pyrrole nitrogens is 2. The van der Waals surface area contributed by atoms with Gasteiger partial charge >= 0.3 is 0 Å². The van der Waals surface area contributed by atoms with Crippen molar-refractivity contribution >= 4 is 5.78 Å². The van der Waals surface area contributed by atoms with Gasteiger partial charge in [-0.3, -0.25) is 4.79 Å². The van der Waals surface area contributed by atoms with Gasteiger partial charge < -0.3 is 9.97 Å². The highest BCUT2D eigenvalue weighted by Gasteiger charge is 2.32. The Kier molecular flexibility index (Phi) is 4.21. The highest BCUT2D eigenvalue weighted by atomic mass is 19.2. The van der Waals surface area contributed by atoms with E-state index < -0.39 is 45.8 Å². The molecule has 26 heavy (non-hydrogen) atoms. The molecular weight excluding hydrogens is 355 g/mol. The summed E-state index contributed by atoms with van der Waals surface area (Å²) in [5, 5.41) is 0. The lowest BCUT2D eigenvalue weighted by atomic mass is 9.86. The number of aromatic nitrogens is 2. The van der Waals surface area contributed by atoms with Crippen LogP contribution in [0, 0.1) is 29.1 Å². The van der Waals surface area contributed by atoms with E-state index in [0.717, 1.165) is 5.69 Å². The molecule has 3 aromatic rings. The zero-order valence-electron chi connectivity index (χ0n) is 13.7. The Morgan fingerprint density at radius 2 is 1.42 bits per heavy atom. The summed E-state index contributed by atoms with van der Waals surface area (Å²) >= 11 is 0. The van der Waals surface area contributed by atoms with Crippen LogP contribution >= 0.6 is 0 Å². The molecule has 3 nitrogen and oxygen atoms in total. The van der Waals surface area contributed by atoms with Gasteiger partial charge in [0, 0.05) is 23.0 Å². The Morgan fingerprint density at radius 3 is 1.96 bits per heavy atom. The van der Waals surface area contributed by atoms with E-state index in [1.807, 2.05) is 19.9 Å². The van der Waals surface area contributed by atoms with Gasteiger partial charge in [0.2, 0.25) is 11.6 Å². The van der Waals surface area contributed by atoms with Crippen LogP contribution in [-0.2, 0) is 5.41 Å². The molecule has 8 heteroatoms. The predicted molar refractivity (Wildman–Crippen MR) is 83.4 cm³/mol. The summed E-state index contributed by atoms with van der Waals surface area (Å²) in [5.41, 5.74) is -1.07. The standard InChI is InChI=1S/C18H13F5N2O/c1-18(2,9-4-3-7-24-9)10-6-5-8(25-10)17(26)11-12(19)14(21)16(23)15(22)13(11)20/h3-7,24-25H,1-2H3. The van der Waals surface area contributed by atoms with Gasteiger partial charge in [0.1, 0.15) is 5.56 Å². The van der Waals surface area contributed by atoms with Crippen LogP contribution in [0.25, 0.3) is 0 Å². The molecular formula is C18H13F5N2O. The molecule has 0 spiro atoms. The minimum absolute atomic E-state index is 0.289. The van der Waals surface area contributed by atoms with E-state index in [0.29, 0.717) is 5.69 Å². The summed E-state index contributed by atoms with van der Waals surface area (Å²) in [7, 11) is 0. The topological polar surface area (TPSA) is 48.6 Å². The Balaban J connectivity index is 2.05. The van der Waals surface area contributed by atoms with Crippen LogP contribution in [-0.4, -0.2) is 15.8 Å². The molecule has 2 heterocycles. The van der Waals surface area contributed by atoms with Crippen LogP contribution in [0.2, 0.25) is 0 Å². The second kappa shape index (κ2) is 6.12. The van der Waals surface area contributed by atoms with Crippen molar-refractivity contribution in [2.45, 2.75) is 19.3 Å². The maximum Gasteiger partial charge on any atom is 0.215 e. The fourth-order valence-electron chi connectivity index (χ4n) is 2.70. The Bertz CT molecular complexity index is 960.